The maximum absolute atomic E-state index is 14.6. The molecule has 1 fully saturated rings. The molecule has 9 nitrogen and oxygen atoms in total. The van der Waals surface area contributed by atoms with Crippen LogP contribution >= 0.6 is 22.9 Å². The van der Waals surface area contributed by atoms with Gasteiger partial charge in [0.2, 0.25) is 0 Å². The van der Waals surface area contributed by atoms with E-state index in [0.717, 1.165) is 18.9 Å². The Balaban J connectivity index is 1.46. The number of thiazole rings is 1. The third-order valence-electron chi connectivity index (χ3n) is 7.43. The van der Waals surface area contributed by atoms with Gasteiger partial charge in [0, 0.05) is 35.2 Å². The summed E-state index contributed by atoms with van der Waals surface area (Å²) in [4.78, 5) is 38.6. The first-order chi connectivity index (χ1) is 20.3. The number of aryl methyl sites for hydroxylation is 1. The molecule has 0 saturated heterocycles. The van der Waals surface area contributed by atoms with E-state index in [0.29, 0.717) is 47.4 Å². The van der Waals surface area contributed by atoms with Crippen LogP contribution in [0.2, 0.25) is 5.02 Å². The molecule has 1 aliphatic heterocycles. The second kappa shape index (κ2) is 13.1. The molecule has 0 spiro atoms. The van der Waals surface area contributed by atoms with E-state index in [2.05, 4.69) is 15.3 Å². The lowest BCUT2D eigenvalue weighted by molar-refractivity contribution is -0.141. The number of carbonyl (C=O) groups is 2. The van der Waals surface area contributed by atoms with E-state index in [1.807, 2.05) is 0 Å². The monoisotopic (exact) mass is 618 g/mol. The molecule has 13 heteroatoms. The molecule has 0 amide bonds. The van der Waals surface area contributed by atoms with Crippen LogP contribution in [0.1, 0.15) is 73.1 Å². The maximum Gasteiger partial charge on any atom is 0.338 e. The number of halogens is 3. The van der Waals surface area contributed by atoms with Crippen molar-refractivity contribution in [1.82, 2.24) is 15.3 Å². The highest BCUT2D eigenvalue weighted by atomic mass is 35.5. The summed E-state index contributed by atoms with van der Waals surface area (Å²) >= 11 is 7.64. The molecule has 0 radical (unpaired) electrons. The Morgan fingerprint density at radius 3 is 2.64 bits per heavy atom. The van der Waals surface area contributed by atoms with E-state index in [4.69, 9.17) is 30.5 Å². The van der Waals surface area contributed by atoms with Crippen molar-refractivity contribution in [2.75, 3.05) is 13.7 Å². The SMILES string of the molecule is CCOC(=O)C1=C([C@H]2CC[C@H](c3nc(CCC(=O)OC)co3)CC2)NC(c2nccs2)=NC1c1ccc(F)c(F)c1Cl. The zero-order valence-corrected chi connectivity index (χ0v) is 24.6. The highest BCUT2D eigenvalue weighted by Crippen LogP contribution is 2.44. The molecule has 1 saturated carbocycles. The van der Waals surface area contributed by atoms with Crippen molar-refractivity contribution in [3.8, 4) is 0 Å². The van der Waals surface area contributed by atoms with Gasteiger partial charge in [-0.15, -0.1) is 11.3 Å². The minimum absolute atomic E-state index is 0.0619. The van der Waals surface area contributed by atoms with Gasteiger partial charge in [-0.1, -0.05) is 17.7 Å². The van der Waals surface area contributed by atoms with E-state index < -0.39 is 28.7 Å². The number of amidine groups is 1. The molecule has 1 N–H and O–H groups in total. The molecule has 1 aromatic carbocycles. The molecular formula is C29H29ClF2N4O5S. The second-order valence-corrected chi connectivity index (χ2v) is 11.2. The fourth-order valence-corrected chi connectivity index (χ4v) is 6.18. The predicted octanol–water partition coefficient (Wildman–Crippen LogP) is 6.05. The van der Waals surface area contributed by atoms with Gasteiger partial charge >= 0.3 is 11.9 Å². The fraction of sp³-hybridized carbons (Fsp3) is 0.414. The third kappa shape index (κ3) is 6.24. The summed E-state index contributed by atoms with van der Waals surface area (Å²) in [5.41, 5.74) is 1.65. The van der Waals surface area contributed by atoms with Crippen molar-refractivity contribution in [3.63, 3.8) is 0 Å². The number of nitrogens with one attached hydrogen (secondary N) is 1. The average molecular weight is 619 g/mol. The number of aliphatic imine (C=N–C) groups is 1. The number of nitrogens with zero attached hydrogens (tertiary/aromatic N) is 3. The maximum atomic E-state index is 14.6. The van der Waals surface area contributed by atoms with Crippen molar-refractivity contribution >= 4 is 40.7 Å². The Bertz CT molecular complexity index is 1520. The van der Waals surface area contributed by atoms with Crippen LogP contribution in [0.4, 0.5) is 8.78 Å². The number of ether oxygens (including phenoxy) is 2. The number of allylic oxidation sites excluding steroid dienone is 1. The minimum atomic E-state index is -1.21. The summed E-state index contributed by atoms with van der Waals surface area (Å²) in [7, 11) is 1.35. The van der Waals surface area contributed by atoms with Gasteiger partial charge in [0.25, 0.3) is 0 Å². The summed E-state index contributed by atoms with van der Waals surface area (Å²) in [6.45, 7) is 1.81. The van der Waals surface area contributed by atoms with Gasteiger partial charge in [-0.2, -0.15) is 0 Å². The standard InChI is InChI=1S/C29H29ClF2N4O5S/c1-3-40-29(38)21-24(15-4-6-16(7-5-15)27-34-17(14-41-27)8-11-20(37)39-2)35-26(28-33-12-13-42-28)36-25(21)18-9-10-19(31)23(32)22(18)30/h9-10,12-16,25H,3-8,11H2,1-2H3,(H,35,36)/t15-,16-,25?. The summed E-state index contributed by atoms with van der Waals surface area (Å²) in [6.07, 6.45) is 6.66. The van der Waals surface area contributed by atoms with Gasteiger partial charge in [0.05, 0.1) is 36.4 Å². The van der Waals surface area contributed by atoms with Crippen LogP contribution < -0.4 is 5.32 Å². The number of oxazole rings is 1. The zero-order valence-electron chi connectivity index (χ0n) is 23.0. The average Bonchev–Trinajstić information content (AvgIpc) is 3.72. The number of rotatable bonds is 9. The largest absolute Gasteiger partial charge is 0.469 e. The van der Waals surface area contributed by atoms with Gasteiger partial charge in [-0.05, 0) is 44.6 Å². The lowest BCUT2D eigenvalue weighted by atomic mass is 9.78. The lowest BCUT2D eigenvalue weighted by Crippen LogP contribution is -2.38. The number of esters is 2. The van der Waals surface area contributed by atoms with Crippen LogP contribution in [0.5, 0.6) is 0 Å². The van der Waals surface area contributed by atoms with Crippen molar-refractivity contribution in [2.24, 2.45) is 10.9 Å². The van der Waals surface area contributed by atoms with Gasteiger partial charge in [0.15, 0.2) is 28.4 Å². The Morgan fingerprint density at radius 1 is 1.19 bits per heavy atom. The van der Waals surface area contributed by atoms with E-state index in [-0.39, 0.29) is 42.0 Å². The molecule has 1 aliphatic carbocycles. The van der Waals surface area contributed by atoms with Crippen LogP contribution in [0.25, 0.3) is 0 Å². The molecule has 1 atom stereocenters. The number of benzene rings is 1. The van der Waals surface area contributed by atoms with Crippen LogP contribution in [0.15, 0.2) is 50.7 Å². The fourth-order valence-electron chi connectivity index (χ4n) is 5.33. The Kier molecular flexibility index (Phi) is 9.32. The van der Waals surface area contributed by atoms with Crippen LogP contribution in [0, 0.1) is 17.6 Å². The quantitative estimate of drug-likeness (QED) is 0.228. The van der Waals surface area contributed by atoms with E-state index >= 15 is 0 Å². The highest BCUT2D eigenvalue weighted by molar-refractivity contribution is 7.11. The van der Waals surface area contributed by atoms with Gasteiger partial charge in [-0.25, -0.2) is 23.5 Å². The molecule has 0 bridgehead atoms. The normalized spacial score (nSPS) is 20.6. The molecule has 5 rings (SSSR count). The van der Waals surface area contributed by atoms with E-state index in [9.17, 15) is 18.4 Å². The molecule has 1 unspecified atom stereocenters. The first-order valence-electron chi connectivity index (χ1n) is 13.6. The van der Waals surface area contributed by atoms with Crippen molar-refractivity contribution in [1.29, 1.82) is 0 Å². The number of carbonyl (C=O) groups excluding carboxylic acids is 2. The second-order valence-electron chi connectivity index (χ2n) is 9.96. The number of hydrogen-bond acceptors (Lipinski definition) is 10. The smallest absolute Gasteiger partial charge is 0.338 e. The molecule has 3 heterocycles. The van der Waals surface area contributed by atoms with Crippen molar-refractivity contribution in [3.05, 3.63) is 80.1 Å². The highest BCUT2D eigenvalue weighted by Gasteiger charge is 2.39. The van der Waals surface area contributed by atoms with E-state index in [1.165, 1.54) is 24.5 Å². The molecule has 2 aromatic heterocycles. The summed E-state index contributed by atoms with van der Waals surface area (Å²) in [5.74, 6) is -2.25. The Labute approximate surface area is 250 Å². The zero-order chi connectivity index (χ0) is 29.8. The molecule has 222 valence electrons. The predicted molar refractivity (Wildman–Crippen MR) is 151 cm³/mol. The van der Waals surface area contributed by atoms with E-state index in [1.54, 1.807) is 24.8 Å². The lowest BCUT2D eigenvalue weighted by Gasteiger charge is -2.34. The summed E-state index contributed by atoms with van der Waals surface area (Å²) in [5, 5.41) is 5.26. The van der Waals surface area contributed by atoms with Crippen LogP contribution in [0.3, 0.4) is 0 Å². The number of hydrogen-bond donors (Lipinski definition) is 1. The van der Waals surface area contributed by atoms with Crippen molar-refractivity contribution in [2.45, 2.75) is 57.4 Å². The minimum Gasteiger partial charge on any atom is -0.469 e. The van der Waals surface area contributed by atoms with Gasteiger partial charge in [0.1, 0.15) is 12.3 Å². The third-order valence-corrected chi connectivity index (χ3v) is 8.60. The molecule has 2 aliphatic rings. The summed E-state index contributed by atoms with van der Waals surface area (Å²) in [6, 6.07) is 1.28. The Morgan fingerprint density at radius 2 is 1.95 bits per heavy atom. The topological polar surface area (TPSA) is 116 Å². The first kappa shape index (κ1) is 29.8. The van der Waals surface area contributed by atoms with Crippen LogP contribution in [-0.4, -0.2) is 41.5 Å². The molecule has 3 aromatic rings. The Hall–Kier alpha value is -3.64. The van der Waals surface area contributed by atoms with Crippen LogP contribution in [-0.2, 0) is 25.5 Å². The molecule has 42 heavy (non-hydrogen) atoms. The van der Waals surface area contributed by atoms with Gasteiger partial charge in [-0.3, -0.25) is 9.79 Å². The first-order valence-corrected chi connectivity index (χ1v) is 14.9. The van der Waals surface area contributed by atoms with Crippen molar-refractivity contribution < 1.29 is 32.3 Å². The van der Waals surface area contributed by atoms with Gasteiger partial charge < -0.3 is 19.2 Å². The summed E-state index contributed by atoms with van der Waals surface area (Å²) < 4.78 is 44.5. The number of methoxy groups -OCH3 is 1. The molecular weight excluding hydrogens is 590 g/mol. The number of aromatic nitrogens is 2.